The molecule has 43 heavy (non-hydrogen) atoms. The van der Waals surface area contributed by atoms with Crippen LogP contribution in [0.5, 0.6) is 0 Å². The summed E-state index contributed by atoms with van der Waals surface area (Å²) in [6, 6.07) is 6.50. The zero-order valence-electron chi connectivity index (χ0n) is 22.2. The molecule has 4 bridgehead atoms. The SMILES string of the molecule is CCOC(=O)C1CCC=CCC(OCc2ccccc2)(C(F)(F)F)c2nnc(o2)-c2nc(c(C(F)(F)F)cc2[N+](=O)[O-])N1. The third kappa shape index (κ3) is 6.76. The van der Waals surface area contributed by atoms with Gasteiger partial charge in [-0.25, -0.2) is 9.78 Å². The number of carbonyl (C=O) groups excluding carboxylic acids is 1. The van der Waals surface area contributed by atoms with Gasteiger partial charge in [-0.3, -0.25) is 10.1 Å². The normalized spacial score (nSPS) is 19.3. The number of halogens is 6. The Morgan fingerprint density at radius 2 is 1.88 bits per heavy atom. The highest BCUT2D eigenvalue weighted by Crippen LogP contribution is 2.47. The van der Waals surface area contributed by atoms with Crippen molar-refractivity contribution in [2.45, 2.75) is 56.8 Å². The molecule has 2 aromatic heterocycles. The fourth-order valence-corrected chi connectivity index (χ4v) is 4.20. The summed E-state index contributed by atoms with van der Waals surface area (Å²) in [5, 5.41) is 21.0. The van der Waals surface area contributed by atoms with Crippen LogP contribution < -0.4 is 5.32 Å². The lowest BCUT2D eigenvalue weighted by molar-refractivity contribution is -0.384. The van der Waals surface area contributed by atoms with Gasteiger partial charge in [-0.05, 0) is 25.3 Å². The zero-order valence-corrected chi connectivity index (χ0v) is 22.2. The van der Waals surface area contributed by atoms with Gasteiger partial charge in [0.25, 0.3) is 11.8 Å². The maximum Gasteiger partial charge on any atom is 0.426 e. The van der Waals surface area contributed by atoms with E-state index in [1.807, 2.05) is 0 Å². The van der Waals surface area contributed by atoms with Crippen molar-refractivity contribution in [3.8, 4) is 11.6 Å². The van der Waals surface area contributed by atoms with Crippen LogP contribution in [-0.4, -0.2) is 44.9 Å². The van der Waals surface area contributed by atoms with Gasteiger partial charge >= 0.3 is 24.0 Å². The first-order chi connectivity index (χ1) is 20.3. The second-order valence-corrected chi connectivity index (χ2v) is 9.22. The molecule has 17 heteroatoms. The first-order valence-corrected chi connectivity index (χ1v) is 12.7. The van der Waals surface area contributed by atoms with Crippen LogP contribution in [0.1, 0.15) is 43.2 Å². The highest BCUT2D eigenvalue weighted by atomic mass is 19.4. The summed E-state index contributed by atoms with van der Waals surface area (Å²) in [4.78, 5) is 26.8. The summed E-state index contributed by atoms with van der Waals surface area (Å²) < 4.78 is 102. The molecule has 2 unspecified atom stereocenters. The van der Waals surface area contributed by atoms with Crippen molar-refractivity contribution in [3.63, 3.8) is 0 Å². The maximum absolute atomic E-state index is 14.8. The summed E-state index contributed by atoms with van der Waals surface area (Å²) >= 11 is 0. The van der Waals surface area contributed by atoms with Gasteiger partial charge in [-0.1, -0.05) is 42.5 Å². The minimum Gasteiger partial charge on any atom is -0.464 e. The molecule has 0 amide bonds. The second-order valence-electron chi connectivity index (χ2n) is 9.22. The lowest BCUT2D eigenvalue weighted by atomic mass is 9.97. The van der Waals surface area contributed by atoms with Crippen LogP contribution in [0, 0.1) is 10.1 Å². The summed E-state index contributed by atoms with van der Waals surface area (Å²) in [7, 11) is 0. The van der Waals surface area contributed by atoms with Crippen LogP contribution in [0.4, 0.5) is 37.8 Å². The fraction of sp³-hybridized carbons (Fsp3) is 0.385. The predicted octanol–water partition coefficient (Wildman–Crippen LogP) is 6.12. The van der Waals surface area contributed by atoms with Gasteiger partial charge in [0, 0.05) is 12.5 Å². The first kappa shape index (κ1) is 31.4. The minimum absolute atomic E-state index is 0.0978. The fourth-order valence-electron chi connectivity index (χ4n) is 4.20. The number of carbonyl (C=O) groups is 1. The number of alkyl halides is 6. The quantitative estimate of drug-likeness (QED) is 0.113. The topological polar surface area (TPSA) is 143 Å². The monoisotopic (exact) mass is 615 g/mol. The zero-order chi connectivity index (χ0) is 31.4. The Morgan fingerprint density at radius 3 is 2.51 bits per heavy atom. The molecule has 0 radical (unpaired) electrons. The maximum atomic E-state index is 14.8. The molecule has 2 atom stereocenters. The Hall–Kier alpha value is -4.54. The van der Waals surface area contributed by atoms with Gasteiger partial charge in [0.1, 0.15) is 17.4 Å². The molecule has 3 heterocycles. The standard InChI is InChI=1S/C26H23F6N5O6/c1-2-41-22(38)17-11-7-4-8-12-24(26(30,31)32,42-14-15-9-5-3-6-10-15)23-36-35-21(43-23)19-18(37(39)40)13-16(25(27,28)29)20(33-17)34-19/h3-6,8-10,13,17H,2,7,11-12,14H2,1H3,(H,33,34). The lowest BCUT2D eigenvalue weighted by Gasteiger charge is -2.31. The van der Waals surface area contributed by atoms with Crippen molar-refractivity contribution in [2.75, 3.05) is 11.9 Å². The van der Waals surface area contributed by atoms with E-state index in [2.05, 4.69) is 20.5 Å². The van der Waals surface area contributed by atoms with Crippen LogP contribution in [-0.2, 0) is 32.7 Å². The van der Waals surface area contributed by atoms with Gasteiger partial charge in [0.05, 0.1) is 18.1 Å². The lowest BCUT2D eigenvalue weighted by Crippen LogP contribution is -2.45. The highest BCUT2D eigenvalue weighted by molar-refractivity contribution is 5.80. The van der Waals surface area contributed by atoms with Crippen LogP contribution in [0.15, 0.2) is 53.0 Å². The van der Waals surface area contributed by atoms with E-state index in [0.717, 1.165) is 6.08 Å². The van der Waals surface area contributed by atoms with E-state index in [4.69, 9.17) is 13.9 Å². The van der Waals surface area contributed by atoms with Gasteiger partial charge in [0.15, 0.2) is 0 Å². The number of pyridine rings is 1. The van der Waals surface area contributed by atoms with Crippen LogP contribution in [0.3, 0.4) is 0 Å². The molecule has 0 saturated carbocycles. The number of nitrogens with one attached hydrogen (secondary N) is 1. The average Bonchev–Trinajstić information content (AvgIpc) is 3.43. The smallest absolute Gasteiger partial charge is 0.426 e. The number of fused-ring (bicyclic) bond motifs is 5. The molecule has 11 nitrogen and oxygen atoms in total. The largest absolute Gasteiger partial charge is 0.464 e. The van der Waals surface area contributed by atoms with Crippen LogP contribution in [0.25, 0.3) is 11.6 Å². The van der Waals surface area contributed by atoms with Gasteiger partial charge in [0.2, 0.25) is 11.3 Å². The number of hydrogen-bond donors (Lipinski definition) is 1. The van der Waals surface area contributed by atoms with E-state index in [9.17, 15) is 41.3 Å². The summed E-state index contributed by atoms with van der Waals surface area (Å²) in [6.45, 7) is 0.767. The number of benzene rings is 1. The number of esters is 1. The Bertz CT molecular complexity index is 1490. The van der Waals surface area contributed by atoms with Gasteiger partial charge in [-0.2, -0.15) is 26.3 Å². The van der Waals surface area contributed by atoms with E-state index >= 15 is 0 Å². The molecule has 1 aliphatic rings. The average molecular weight is 615 g/mol. The van der Waals surface area contributed by atoms with E-state index in [0.29, 0.717) is 5.56 Å². The number of rotatable bonds is 6. The number of ether oxygens (including phenoxy) is 2. The number of anilines is 1. The van der Waals surface area contributed by atoms with Crippen molar-refractivity contribution in [1.82, 2.24) is 15.2 Å². The Kier molecular flexibility index (Phi) is 9.03. The van der Waals surface area contributed by atoms with Crippen molar-refractivity contribution in [3.05, 3.63) is 75.7 Å². The van der Waals surface area contributed by atoms with Crippen molar-refractivity contribution < 1.29 is 50.0 Å². The van der Waals surface area contributed by atoms with Crippen molar-refractivity contribution >= 4 is 17.5 Å². The number of hydrogen-bond acceptors (Lipinski definition) is 10. The number of aromatic nitrogens is 3. The molecular weight excluding hydrogens is 592 g/mol. The predicted molar refractivity (Wildman–Crippen MR) is 135 cm³/mol. The van der Waals surface area contributed by atoms with Gasteiger partial charge < -0.3 is 19.2 Å². The molecular formula is C26H23F6N5O6. The molecule has 1 N–H and O–H groups in total. The summed E-state index contributed by atoms with van der Waals surface area (Å²) in [6.07, 6.45) is -9.23. The molecule has 0 saturated heterocycles. The molecule has 0 aliphatic carbocycles. The number of nitro groups is 1. The van der Waals surface area contributed by atoms with Crippen molar-refractivity contribution in [1.29, 1.82) is 0 Å². The Balaban J connectivity index is 1.93. The highest BCUT2D eigenvalue weighted by Gasteiger charge is 2.61. The van der Waals surface area contributed by atoms with Gasteiger partial charge in [-0.15, -0.1) is 10.2 Å². The summed E-state index contributed by atoms with van der Waals surface area (Å²) in [5.74, 6) is -4.14. The van der Waals surface area contributed by atoms with E-state index in [1.165, 1.54) is 25.1 Å². The first-order valence-electron chi connectivity index (χ1n) is 12.7. The third-order valence-corrected chi connectivity index (χ3v) is 6.34. The number of allylic oxidation sites excluding steroid dienone is 1. The molecule has 0 spiro atoms. The van der Waals surface area contributed by atoms with E-state index in [-0.39, 0.29) is 25.5 Å². The molecule has 1 aliphatic heterocycles. The number of nitrogens with zero attached hydrogens (tertiary/aromatic N) is 4. The van der Waals surface area contributed by atoms with Crippen LogP contribution in [0.2, 0.25) is 0 Å². The third-order valence-electron chi connectivity index (χ3n) is 6.34. The second kappa shape index (κ2) is 12.4. The Labute approximate surface area is 239 Å². The molecule has 1 aromatic carbocycles. The summed E-state index contributed by atoms with van der Waals surface area (Å²) in [5.41, 5.74) is -6.77. The molecule has 3 aromatic rings. The van der Waals surface area contributed by atoms with E-state index < -0.39 is 82.5 Å². The minimum atomic E-state index is -5.19. The molecule has 0 fully saturated rings. The van der Waals surface area contributed by atoms with Crippen molar-refractivity contribution in [2.24, 2.45) is 0 Å². The molecule has 4 rings (SSSR count). The Morgan fingerprint density at radius 1 is 1.16 bits per heavy atom. The van der Waals surface area contributed by atoms with E-state index in [1.54, 1.807) is 18.2 Å². The molecule has 230 valence electrons. The van der Waals surface area contributed by atoms with Crippen LogP contribution >= 0.6 is 0 Å².